The van der Waals surface area contributed by atoms with Crippen molar-refractivity contribution in [2.24, 2.45) is 17.8 Å². The maximum Gasteiger partial charge on any atom is 0.434 e. The largest absolute Gasteiger partial charge is 0.504 e. The van der Waals surface area contributed by atoms with Crippen molar-refractivity contribution in [3.05, 3.63) is 23.8 Å². The predicted octanol–water partition coefficient (Wildman–Crippen LogP) is 5.15. The maximum atomic E-state index is 12.8. The molecule has 0 bridgehead atoms. The Morgan fingerprint density at radius 2 is 1.39 bits per heavy atom. The van der Waals surface area contributed by atoms with Gasteiger partial charge in [-0.2, -0.15) is 26.3 Å². The van der Waals surface area contributed by atoms with E-state index < -0.39 is 59.6 Å². The van der Waals surface area contributed by atoms with Gasteiger partial charge in [-0.1, -0.05) is 33.8 Å². The summed E-state index contributed by atoms with van der Waals surface area (Å²) in [5.41, 5.74) is 0.275. The fourth-order valence-corrected chi connectivity index (χ4v) is 3.10. The molecule has 2 atom stereocenters. The Morgan fingerprint density at radius 1 is 0.893 bits per heavy atom. The van der Waals surface area contributed by atoms with Gasteiger partial charge in [0.05, 0.1) is 5.92 Å². The Bertz CT molecular complexity index is 668. The van der Waals surface area contributed by atoms with Crippen LogP contribution in [0.15, 0.2) is 18.2 Å². The molecule has 0 radical (unpaired) electrons. The number of carbonyl (C=O) groups is 1. The van der Waals surface area contributed by atoms with E-state index in [9.17, 15) is 41.4 Å². The van der Waals surface area contributed by atoms with Crippen LogP contribution in [0.4, 0.5) is 26.3 Å². The minimum atomic E-state index is -5.81. The first-order valence-corrected chi connectivity index (χ1v) is 8.43. The summed E-state index contributed by atoms with van der Waals surface area (Å²) in [6.07, 6.45) is -15.8. The van der Waals surface area contributed by atoms with Gasteiger partial charge in [0.25, 0.3) is 6.10 Å². The molecule has 0 saturated carbocycles. The van der Waals surface area contributed by atoms with Gasteiger partial charge in [0, 0.05) is 0 Å². The summed E-state index contributed by atoms with van der Waals surface area (Å²) in [6, 6.07) is 3.58. The van der Waals surface area contributed by atoms with Crippen molar-refractivity contribution >= 4 is 5.97 Å². The van der Waals surface area contributed by atoms with Crippen LogP contribution in [0.1, 0.15) is 39.2 Å². The van der Waals surface area contributed by atoms with Gasteiger partial charge in [0.1, 0.15) is 0 Å². The van der Waals surface area contributed by atoms with E-state index in [-0.39, 0.29) is 5.56 Å². The third-order valence-electron chi connectivity index (χ3n) is 4.31. The molecule has 0 aromatic heterocycles. The molecule has 1 rings (SSSR count). The van der Waals surface area contributed by atoms with Crippen LogP contribution in [-0.2, 0) is 9.53 Å². The molecule has 0 aliphatic rings. The van der Waals surface area contributed by atoms with E-state index in [1.807, 2.05) is 0 Å². The number of hydrogen-bond donors (Lipinski definition) is 2. The zero-order chi connectivity index (χ0) is 22.0. The van der Waals surface area contributed by atoms with Crippen molar-refractivity contribution in [2.45, 2.75) is 52.1 Å². The highest BCUT2D eigenvalue weighted by molar-refractivity contribution is 5.74. The molecule has 28 heavy (non-hydrogen) atoms. The Morgan fingerprint density at radius 3 is 1.75 bits per heavy atom. The van der Waals surface area contributed by atoms with E-state index in [0.29, 0.717) is 0 Å². The quantitative estimate of drug-likeness (QED) is 0.383. The topological polar surface area (TPSA) is 66.8 Å². The van der Waals surface area contributed by atoms with Gasteiger partial charge < -0.3 is 14.9 Å². The highest BCUT2D eigenvalue weighted by Gasteiger charge is 2.60. The summed E-state index contributed by atoms with van der Waals surface area (Å²) in [4.78, 5) is 12.4. The second-order valence-electron chi connectivity index (χ2n) is 7.19. The molecular formula is C18H22F6O4. The van der Waals surface area contributed by atoms with Crippen LogP contribution >= 0.6 is 0 Å². The normalized spacial score (nSPS) is 15.2. The average Bonchev–Trinajstić information content (AvgIpc) is 2.49. The Kier molecular flexibility index (Phi) is 7.24. The standard InChI is InChI=1S/C18H22F6O4/c1-8(2)13(10-5-6-11(25)12(26)7-10)14(9(3)4)15(27)28-16(17(19,20)21)18(22,23)24/h5-9,13-14,16,25-26H,1-4H3. The third kappa shape index (κ3) is 5.68. The molecule has 1 aromatic rings. The van der Waals surface area contributed by atoms with Crippen LogP contribution < -0.4 is 0 Å². The highest BCUT2D eigenvalue weighted by Crippen LogP contribution is 2.42. The van der Waals surface area contributed by atoms with E-state index in [0.717, 1.165) is 12.1 Å². The van der Waals surface area contributed by atoms with Gasteiger partial charge in [0.2, 0.25) is 0 Å². The number of hydrogen-bond acceptors (Lipinski definition) is 4. The number of rotatable bonds is 6. The summed E-state index contributed by atoms with van der Waals surface area (Å²) in [5, 5.41) is 19.1. The molecule has 0 fully saturated rings. The average molecular weight is 416 g/mol. The third-order valence-corrected chi connectivity index (χ3v) is 4.31. The number of benzene rings is 1. The monoisotopic (exact) mass is 416 g/mol. The maximum absolute atomic E-state index is 12.8. The van der Waals surface area contributed by atoms with Crippen molar-refractivity contribution in [1.29, 1.82) is 0 Å². The minimum Gasteiger partial charge on any atom is -0.504 e. The number of esters is 1. The molecule has 0 heterocycles. The molecule has 0 aliphatic heterocycles. The Balaban J connectivity index is 3.34. The van der Waals surface area contributed by atoms with Gasteiger partial charge in [0.15, 0.2) is 11.5 Å². The van der Waals surface area contributed by atoms with Crippen LogP contribution in [0.2, 0.25) is 0 Å². The second kappa shape index (κ2) is 8.48. The molecule has 0 aliphatic carbocycles. The van der Waals surface area contributed by atoms with E-state index in [1.54, 1.807) is 13.8 Å². The fourth-order valence-electron chi connectivity index (χ4n) is 3.10. The summed E-state index contributed by atoms with van der Waals surface area (Å²) in [5.74, 6) is -5.90. The lowest BCUT2D eigenvalue weighted by molar-refractivity contribution is -0.314. The zero-order valence-corrected chi connectivity index (χ0v) is 15.6. The molecule has 0 amide bonds. The summed E-state index contributed by atoms with van der Waals surface area (Å²) in [6.45, 7) is 6.19. The number of aromatic hydroxyl groups is 2. The molecule has 10 heteroatoms. The number of alkyl halides is 6. The van der Waals surface area contributed by atoms with Crippen LogP contribution in [0.5, 0.6) is 11.5 Å². The van der Waals surface area contributed by atoms with Crippen LogP contribution in [0.3, 0.4) is 0 Å². The number of halogens is 6. The molecular weight excluding hydrogens is 394 g/mol. The van der Waals surface area contributed by atoms with Crippen molar-refractivity contribution in [1.82, 2.24) is 0 Å². The van der Waals surface area contributed by atoms with Crippen molar-refractivity contribution < 1.29 is 46.1 Å². The van der Waals surface area contributed by atoms with Crippen LogP contribution in [0, 0.1) is 17.8 Å². The number of phenols is 2. The van der Waals surface area contributed by atoms with Gasteiger partial charge in [-0.05, 0) is 35.4 Å². The summed E-state index contributed by atoms with van der Waals surface area (Å²) < 4.78 is 80.5. The lowest BCUT2D eigenvalue weighted by atomic mass is 9.73. The Hall–Kier alpha value is -2.13. The SMILES string of the molecule is CC(C)C(C(=O)OC(C(F)(F)F)C(F)(F)F)C(c1ccc(O)c(O)c1)C(C)C. The summed E-state index contributed by atoms with van der Waals surface area (Å²) in [7, 11) is 0. The van der Waals surface area contributed by atoms with Gasteiger partial charge >= 0.3 is 18.3 Å². The molecule has 4 nitrogen and oxygen atoms in total. The lowest BCUT2D eigenvalue weighted by Gasteiger charge is -2.33. The van der Waals surface area contributed by atoms with E-state index in [1.165, 1.54) is 19.9 Å². The highest BCUT2D eigenvalue weighted by atomic mass is 19.4. The zero-order valence-electron chi connectivity index (χ0n) is 15.6. The predicted molar refractivity (Wildman–Crippen MR) is 87.7 cm³/mol. The minimum absolute atomic E-state index is 0.275. The van der Waals surface area contributed by atoms with E-state index >= 15 is 0 Å². The van der Waals surface area contributed by atoms with Gasteiger partial charge in [-0.25, -0.2) is 0 Å². The van der Waals surface area contributed by atoms with E-state index in [2.05, 4.69) is 4.74 Å². The molecule has 2 N–H and O–H groups in total. The first-order valence-electron chi connectivity index (χ1n) is 8.43. The van der Waals surface area contributed by atoms with Crippen molar-refractivity contribution in [2.75, 3.05) is 0 Å². The number of ether oxygens (including phenoxy) is 1. The van der Waals surface area contributed by atoms with Crippen LogP contribution in [-0.4, -0.2) is 34.6 Å². The van der Waals surface area contributed by atoms with Gasteiger partial charge in [-0.3, -0.25) is 4.79 Å². The first kappa shape index (κ1) is 23.9. The molecule has 2 unspecified atom stereocenters. The van der Waals surface area contributed by atoms with E-state index in [4.69, 9.17) is 0 Å². The van der Waals surface area contributed by atoms with Crippen molar-refractivity contribution in [3.63, 3.8) is 0 Å². The Labute approximate surface area is 158 Å². The molecule has 160 valence electrons. The van der Waals surface area contributed by atoms with Crippen molar-refractivity contribution in [3.8, 4) is 11.5 Å². The molecule has 0 saturated heterocycles. The molecule has 1 aromatic carbocycles. The first-order chi connectivity index (χ1) is 12.6. The number of phenolic OH excluding ortho intramolecular Hbond substituents is 2. The van der Waals surface area contributed by atoms with Gasteiger partial charge in [-0.15, -0.1) is 0 Å². The smallest absolute Gasteiger partial charge is 0.434 e. The number of carbonyl (C=O) groups excluding carboxylic acids is 1. The fraction of sp³-hybridized carbons (Fsp3) is 0.611. The molecule has 0 spiro atoms. The lowest BCUT2D eigenvalue weighted by Crippen LogP contribution is -2.47. The second-order valence-corrected chi connectivity index (χ2v) is 7.19. The van der Waals surface area contributed by atoms with Crippen LogP contribution in [0.25, 0.3) is 0 Å². The summed E-state index contributed by atoms with van der Waals surface area (Å²) >= 11 is 0.